The average molecular weight is 299 g/mol. The van der Waals surface area contributed by atoms with E-state index in [1.54, 1.807) is 18.3 Å². The predicted octanol–water partition coefficient (Wildman–Crippen LogP) is 3.39. The summed E-state index contributed by atoms with van der Waals surface area (Å²) in [5, 5.41) is 9.19. The molecule has 0 aliphatic carbocycles. The molecule has 23 heavy (non-hydrogen) atoms. The van der Waals surface area contributed by atoms with Crippen molar-refractivity contribution in [1.29, 1.82) is 5.26 Å². The number of nitriles is 1. The van der Waals surface area contributed by atoms with E-state index in [2.05, 4.69) is 11.1 Å². The fourth-order valence-corrected chi connectivity index (χ4v) is 2.42. The van der Waals surface area contributed by atoms with E-state index in [-0.39, 0.29) is 5.69 Å². The first kappa shape index (κ1) is 14.5. The van der Waals surface area contributed by atoms with Crippen LogP contribution in [0.5, 0.6) is 0 Å². The summed E-state index contributed by atoms with van der Waals surface area (Å²) in [7, 11) is 0. The lowest BCUT2D eigenvalue weighted by molar-refractivity contribution is 0.0995. The van der Waals surface area contributed by atoms with E-state index in [1.165, 1.54) is 0 Å². The predicted molar refractivity (Wildman–Crippen MR) is 88.3 cm³/mol. The summed E-state index contributed by atoms with van der Waals surface area (Å²) in [6.45, 7) is 0. The third-order valence-electron chi connectivity index (χ3n) is 3.59. The number of pyridine rings is 1. The van der Waals surface area contributed by atoms with Crippen LogP contribution < -0.4 is 5.73 Å². The third kappa shape index (κ3) is 2.94. The van der Waals surface area contributed by atoms with E-state index in [0.29, 0.717) is 5.56 Å². The first-order chi connectivity index (χ1) is 11.2. The second-order valence-electron chi connectivity index (χ2n) is 5.03. The molecule has 3 rings (SSSR count). The number of aromatic nitrogens is 1. The minimum Gasteiger partial charge on any atom is -0.364 e. The minimum absolute atomic E-state index is 0.237. The Morgan fingerprint density at radius 1 is 0.957 bits per heavy atom. The molecule has 0 atom stereocenters. The molecule has 0 radical (unpaired) electrons. The van der Waals surface area contributed by atoms with Crippen LogP contribution in [0, 0.1) is 11.3 Å². The van der Waals surface area contributed by atoms with Gasteiger partial charge in [0.05, 0.1) is 11.6 Å². The molecular weight excluding hydrogens is 286 g/mol. The summed E-state index contributed by atoms with van der Waals surface area (Å²) < 4.78 is 0. The van der Waals surface area contributed by atoms with Gasteiger partial charge in [0.25, 0.3) is 5.91 Å². The van der Waals surface area contributed by atoms with Gasteiger partial charge in [-0.25, -0.2) is 0 Å². The van der Waals surface area contributed by atoms with E-state index in [0.717, 1.165) is 22.3 Å². The van der Waals surface area contributed by atoms with E-state index in [1.807, 2.05) is 48.5 Å². The quantitative estimate of drug-likeness (QED) is 0.805. The lowest BCUT2D eigenvalue weighted by Gasteiger charge is -2.07. The Balaban J connectivity index is 1.98. The van der Waals surface area contributed by atoms with E-state index < -0.39 is 5.91 Å². The Morgan fingerprint density at radius 3 is 2.35 bits per heavy atom. The van der Waals surface area contributed by atoms with Gasteiger partial charge in [0.1, 0.15) is 5.69 Å². The zero-order valence-electron chi connectivity index (χ0n) is 12.2. The molecule has 4 nitrogen and oxygen atoms in total. The van der Waals surface area contributed by atoms with E-state index in [4.69, 9.17) is 5.73 Å². The van der Waals surface area contributed by atoms with Crippen molar-refractivity contribution in [2.24, 2.45) is 5.73 Å². The van der Waals surface area contributed by atoms with Crippen LogP contribution in [0.15, 0.2) is 66.9 Å². The summed E-state index contributed by atoms with van der Waals surface area (Å²) in [5.74, 6) is -0.550. The van der Waals surface area contributed by atoms with Crippen LogP contribution in [0.1, 0.15) is 16.1 Å². The number of benzene rings is 2. The number of nitrogens with zero attached hydrogens (tertiary/aromatic N) is 2. The van der Waals surface area contributed by atoms with Gasteiger partial charge in [0, 0.05) is 6.20 Å². The van der Waals surface area contributed by atoms with Crippen LogP contribution in [0.2, 0.25) is 0 Å². The first-order valence-corrected chi connectivity index (χ1v) is 7.05. The summed E-state index contributed by atoms with van der Waals surface area (Å²) in [6, 6.07) is 21.0. The van der Waals surface area contributed by atoms with Gasteiger partial charge in [0.15, 0.2) is 0 Å². The minimum atomic E-state index is -0.550. The molecule has 1 amide bonds. The Bertz CT molecular complexity index is 908. The number of carbonyl (C=O) groups excluding carboxylic acids is 1. The van der Waals surface area contributed by atoms with Gasteiger partial charge in [-0.15, -0.1) is 0 Å². The monoisotopic (exact) mass is 299 g/mol. The van der Waals surface area contributed by atoms with Crippen molar-refractivity contribution in [3.8, 4) is 28.3 Å². The van der Waals surface area contributed by atoms with Crippen molar-refractivity contribution < 1.29 is 4.79 Å². The molecule has 4 heteroatoms. The summed E-state index contributed by atoms with van der Waals surface area (Å²) in [6.07, 6.45) is 1.56. The number of primary amides is 1. The Labute approximate surface area is 133 Å². The zero-order chi connectivity index (χ0) is 16.2. The highest BCUT2D eigenvalue weighted by molar-refractivity contribution is 5.92. The van der Waals surface area contributed by atoms with Gasteiger partial charge >= 0.3 is 0 Å². The van der Waals surface area contributed by atoms with Crippen LogP contribution >= 0.6 is 0 Å². The van der Waals surface area contributed by atoms with Crippen molar-refractivity contribution in [2.45, 2.75) is 0 Å². The van der Waals surface area contributed by atoms with Crippen LogP contribution in [0.3, 0.4) is 0 Å². The van der Waals surface area contributed by atoms with Crippen molar-refractivity contribution in [1.82, 2.24) is 4.98 Å². The lowest BCUT2D eigenvalue weighted by Crippen LogP contribution is -2.12. The summed E-state index contributed by atoms with van der Waals surface area (Å²) in [5.41, 5.74) is 9.82. The molecule has 0 unspecified atom stereocenters. The molecule has 0 bridgehead atoms. The van der Waals surface area contributed by atoms with Crippen LogP contribution in [0.25, 0.3) is 22.3 Å². The lowest BCUT2D eigenvalue weighted by atomic mass is 9.97. The fraction of sp³-hybridized carbons (Fsp3) is 0. The topological polar surface area (TPSA) is 79.8 Å². The van der Waals surface area contributed by atoms with E-state index >= 15 is 0 Å². The van der Waals surface area contributed by atoms with Gasteiger partial charge in [-0.1, -0.05) is 42.5 Å². The molecule has 110 valence electrons. The maximum absolute atomic E-state index is 11.2. The number of nitrogens with two attached hydrogens (primary N) is 1. The molecule has 0 fully saturated rings. The Hall–Kier alpha value is -3.45. The molecular formula is C19H13N3O. The van der Waals surface area contributed by atoms with E-state index in [9.17, 15) is 10.1 Å². The second-order valence-corrected chi connectivity index (χ2v) is 5.03. The van der Waals surface area contributed by atoms with Gasteiger partial charge < -0.3 is 5.73 Å². The average Bonchev–Trinajstić information content (AvgIpc) is 2.62. The molecule has 2 aromatic carbocycles. The zero-order valence-corrected chi connectivity index (χ0v) is 12.2. The summed E-state index contributed by atoms with van der Waals surface area (Å²) in [4.78, 5) is 15.2. The molecule has 1 aromatic heterocycles. The molecule has 2 N–H and O–H groups in total. The van der Waals surface area contributed by atoms with Crippen molar-refractivity contribution >= 4 is 5.91 Å². The molecule has 0 saturated heterocycles. The van der Waals surface area contributed by atoms with Crippen LogP contribution in [0.4, 0.5) is 0 Å². The van der Waals surface area contributed by atoms with Crippen molar-refractivity contribution in [3.63, 3.8) is 0 Å². The van der Waals surface area contributed by atoms with Crippen LogP contribution in [-0.4, -0.2) is 10.9 Å². The third-order valence-corrected chi connectivity index (χ3v) is 3.59. The second kappa shape index (κ2) is 6.12. The summed E-state index contributed by atoms with van der Waals surface area (Å²) >= 11 is 0. The van der Waals surface area contributed by atoms with Gasteiger partial charge in [-0.2, -0.15) is 5.26 Å². The smallest absolute Gasteiger partial charge is 0.267 e. The Morgan fingerprint density at radius 2 is 1.65 bits per heavy atom. The number of carbonyl (C=O) groups is 1. The standard InChI is InChI=1S/C19H13N3O/c20-12-16-3-1-2-4-17(16)14-7-5-13(6-8-14)15-9-10-22-18(11-15)19(21)23/h1-11H,(H2,21,23). The van der Waals surface area contributed by atoms with Crippen molar-refractivity contribution in [2.75, 3.05) is 0 Å². The van der Waals surface area contributed by atoms with Crippen LogP contribution in [-0.2, 0) is 0 Å². The van der Waals surface area contributed by atoms with Gasteiger partial charge in [-0.05, 0) is 40.5 Å². The highest BCUT2D eigenvalue weighted by Gasteiger charge is 2.07. The SMILES string of the molecule is N#Cc1ccccc1-c1ccc(-c2ccnc(C(N)=O)c2)cc1. The van der Waals surface area contributed by atoms with Gasteiger partial charge in [0.2, 0.25) is 0 Å². The molecule has 0 aliphatic rings. The molecule has 0 saturated carbocycles. The fourth-order valence-electron chi connectivity index (χ4n) is 2.42. The maximum atomic E-state index is 11.2. The highest BCUT2D eigenvalue weighted by atomic mass is 16.1. The molecule has 3 aromatic rings. The largest absolute Gasteiger partial charge is 0.364 e. The number of amides is 1. The Kier molecular flexibility index (Phi) is 3.86. The van der Waals surface area contributed by atoms with Crippen molar-refractivity contribution in [3.05, 3.63) is 78.1 Å². The number of rotatable bonds is 3. The first-order valence-electron chi connectivity index (χ1n) is 7.05. The maximum Gasteiger partial charge on any atom is 0.267 e. The molecule has 0 aliphatic heterocycles. The highest BCUT2D eigenvalue weighted by Crippen LogP contribution is 2.27. The number of hydrogen-bond donors (Lipinski definition) is 1. The van der Waals surface area contributed by atoms with Gasteiger partial charge in [-0.3, -0.25) is 9.78 Å². The normalized spacial score (nSPS) is 10.0. The molecule has 1 heterocycles. The molecule has 0 spiro atoms. The number of hydrogen-bond acceptors (Lipinski definition) is 3.